The van der Waals surface area contributed by atoms with E-state index in [-0.39, 0.29) is 16.1 Å². The number of benzene rings is 2. The maximum absolute atomic E-state index is 12.3. The summed E-state index contributed by atoms with van der Waals surface area (Å²) in [6.45, 7) is 4.24. The Kier molecular flexibility index (Phi) is 8.83. The average Bonchev–Trinajstić information content (AvgIpc) is 2.73. The highest BCUT2D eigenvalue weighted by Gasteiger charge is 2.15. The highest BCUT2D eigenvalue weighted by Crippen LogP contribution is 2.29. The van der Waals surface area contributed by atoms with Crippen LogP contribution in [-0.2, 0) is 19.6 Å². The first-order chi connectivity index (χ1) is 14.7. The lowest BCUT2D eigenvalue weighted by Gasteiger charge is -2.13. The van der Waals surface area contributed by atoms with Crippen LogP contribution in [0, 0.1) is 0 Å². The van der Waals surface area contributed by atoms with Gasteiger partial charge < -0.3 is 19.5 Å². The van der Waals surface area contributed by atoms with Crippen LogP contribution in [0.5, 0.6) is 11.5 Å². The SMILES string of the molecule is CCCCOc1ccc(C(=O)OCC(=O)Nc2cccc(S(N)(=O)=O)c2)cc1OCC. The molecule has 9 nitrogen and oxygen atoms in total. The molecule has 0 saturated heterocycles. The number of rotatable bonds is 11. The highest BCUT2D eigenvalue weighted by atomic mass is 32.2. The molecule has 0 atom stereocenters. The Hall–Kier alpha value is -3.11. The van der Waals surface area contributed by atoms with Crippen LogP contribution in [0.3, 0.4) is 0 Å². The molecular formula is C21H26N2O7S. The summed E-state index contributed by atoms with van der Waals surface area (Å²) in [5, 5.41) is 7.52. The molecule has 0 aliphatic rings. The van der Waals surface area contributed by atoms with Gasteiger partial charge in [-0.15, -0.1) is 0 Å². The highest BCUT2D eigenvalue weighted by molar-refractivity contribution is 7.89. The van der Waals surface area contributed by atoms with Crippen molar-refractivity contribution in [2.24, 2.45) is 5.14 Å². The van der Waals surface area contributed by atoms with E-state index in [0.29, 0.717) is 24.7 Å². The number of nitrogens with one attached hydrogen (secondary N) is 1. The quantitative estimate of drug-likeness (QED) is 0.397. The number of ether oxygens (including phenoxy) is 3. The number of carbonyl (C=O) groups excluding carboxylic acids is 2. The first-order valence-electron chi connectivity index (χ1n) is 9.74. The van der Waals surface area contributed by atoms with Gasteiger partial charge in [-0.2, -0.15) is 0 Å². The third-order valence-corrected chi connectivity index (χ3v) is 4.93. The Morgan fingerprint density at radius 2 is 1.81 bits per heavy atom. The number of primary sulfonamides is 1. The molecule has 2 aromatic carbocycles. The van der Waals surface area contributed by atoms with Crippen LogP contribution >= 0.6 is 0 Å². The molecule has 168 valence electrons. The van der Waals surface area contributed by atoms with Gasteiger partial charge in [0.1, 0.15) is 0 Å². The molecule has 1 amide bonds. The van der Waals surface area contributed by atoms with E-state index in [1.807, 2.05) is 6.92 Å². The summed E-state index contributed by atoms with van der Waals surface area (Å²) in [6.07, 6.45) is 1.88. The second-order valence-electron chi connectivity index (χ2n) is 6.49. The third kappa shape index (κ3) is 7.58. The molecular weight excluding hydrogens is 424 g/mol. The molecule has 0 heterocycles. The van der Waals surface area contributed by atoms with Crippen LogP contribution in [0.2, 0.25) is 0 Å². The molecule has 2 aromatic rings. The minimum Gasteiger partial charge on any atom is -0.490 e. The van der Waals surface area contributed by atoms with Gasteiger partial charge in [0.25, 0.3) is 5.91 Å². The van der Waals surface area contributed by atoms with E-state index in [1.54, 1.807) is 6.07 Å². The van der Waals surface area contributed by atoms with Gasteiger partial charge in [0.15, 0.2) is 18.1 Å². The van der Waals surface area contributed by atoms with E-state index in [0.717, 1.165) is 12.8 Å². The number of esters is 1. The standard InChI is InChI=1S/C21H26N2O7S/c1-3-5-11-29-18-10-9-15(12-19(18)28-4-2)21(25)30-14-20(24)23-16-7-6-8-17(13-16)31(22,26)27/h6-10,12-13H,3-5,11,14H2,1-2H3,(H,23,24)(H2,22,26,27). The fraction of sp³-hybridized carbons (Fsp3) is 0.333. The van der Waals surface area contributed by atoms with Gasteiger partial charge in [-0.1, -0.05) is 19.4 Å². The normalized spacial score (nSPS) is 10.9. The fourth-order valence-corrected chi connectivity index (χ4v) is 3.07. The van der Waals surface area contributed by atoms with Crippen molar-refractivity contribution in [1.82, 2.24) is 0 Å². The zero-order valence-corrected chi connectivity index (χ0v) is 18.2. The maximum atomic E-state index is 12.3. The van der Waals surface area contributed by atoms with Gasteiger partial charge in [0, 0.05) is 5.69 Å². The predicted octanol–water partition coefficient (Wildman–Crippen LogP) is 2.71. The molecule has 0 bridgehead atoms. The van der Waals surface area contributed by atoms with Crippen molar-refractivity contribution in [1.29, 1.82) is 0 Å². The first-order valence-corrected chi connectivity index (χ1v) is 11.3. The number of sulfonamides is 1. The smallest absolute Gasteiger partial charge is 0.338 e. The number of hydrogen-bond donors (Lipinski definition) is 2. The number of unbranched alkanes of at least 4 members (excludes halogenated alkanes) is 1. The summed E-state index contributed by atoms with van der Waals surface area (Å²) < 4.78 is 39.0. The average molecular weight is 451 g/mol. The van der Waals surface area contributed by atoms with Crippen LogP contribution in [0.15, 0.2) is 47.4 Å². The Balaban J connectivity index is 1.98. The van der Waals surface area contributed by atoms with Crippen molar-refractivity contribution in [3.63, 3.8) is 0 Å². The summed E-state index contributed by atoms with van der Waals surface area (Å²) in [6, 6.07) is 10.1. The van der Waals surface area contributed by atoms with Crippen LogP contribution in [0.1, 0.15) is 37.0 Å². The minimum absolute atomic E-state index is 0.146. The van der Waals surface area contributed by atoms with Crippen molar-refractivity contribution in [3.8, 4) is 11.5 Å². The Morgan fingerprint density at radius 1 is 1.03 bits per heavy atom. The lowest BCUT2D eigenvalue weighted by Crippen LogP contribution is -2.21. The third-order valence-electron chi connectivity index (χ3n) is 4.02. The topological polar surface area (TPSA) is 134 Å². The van der Waals surface area contributed by atoms with E-state index in [1.165, 1.54) is 36.4 Å². The molecule has 3 N–H and O–H groups in total. The second-order valence-corrected chi connectivity index (χ2v) is 8.06. The number of carbonyl (C=O) groups is 2. The Morgan fingerprint density at radius 3 is 2.48 bits per heavy atom. The van der Waals surface area contributed by atoms with Crippen LogP contribution in [0.25, 0.3) is 0 Å². The largest absolute Gasteiger partial charge is 0.490 e. The molecule has 0 unspecified atom stereocenters. The summed E-state index contributed by atoms with van der Waals surface area (Å²) in [5.74, 6) is -0.407. The van der Waals surface area contributed by atoms with Crippen LogP contribution in [-0.4, -0.2) is 40.1 Å². The minimum atomic E-state index is -3.90. The maximum Gasteiger partial charge on any atom is 0.338 e. The summed E-state index contributed by atoms with van der Waals surface area (Å²) in [7, 11) is -3.90. The van der Waals surface area contributed by atoms with Crippen molar-refractivity contribution in [2.45, 2.75) is 31.6 Å². The van der Waals surface area contributed by atoms with Gasteiger partial charge in [0.2, 0.25) is 10.0 Å². The number of amides is 1. The van der Waals surface area contributed by atoms with Crippen molar-refractivity contribution >= 4 is 27.6 Å². The molecule has 2 rings (SSSR count). The van der Waals surface area contributed by atoms with E-state index in [9.17, 15) is 18.0 Å². The molecule has 0 aromatic heterocycles. The number of hydrogen-bond acceptors (Lipinski definition) is 7. The molecule has 0 aliphatic carbocycles. The van der Waals surface area contributed by atoms with Gasteiger partial charge in [0.05, 0.1) is 23.7 Å². The number of nitrogens with two attached hydrogens (primary N) is 1. The fourth-order valence-electron chi connectivity index (χ4n) is 2.51. The van der Waals surface area contributed by atoms with E-state index >= 15 is 0 Å². The lowest BCUT2D eigenvalue weighted by atomic mass is 10.2. The first kappa shape index (κ1) is 24.2. The molecule has 0 aliphatic heterocycles. The van der Waals surface area contributed by atoms with Crippen molar-refractivity contribution in [3.05, 3.63) is 48.0 Å². The van der Waals surface area contributed by atoms with Crippen molar-refractivity contribution in [2.75, 3.05) is 25.1 Å². The van der Waals surface area contributed by atoms with Gasteiger partial charge in [-0.25, -0.2) is 18.4 Å². The zero-order valence-electron chi connectivity index (χ0n) is 17.4. The monoisotopic (exact) mass is 450 g/mol. The lowest BCUT2D eigenvalue weighted by molar-refractivity contribution is -0.119. The summed E-state index contributed by atoms with van der Waals surface area (Å²) in [5.41, 5.74) is 0.412. The molecule has 31 heavy (non-hydrogen) atoms. The van der Waals surface area contributed by atoms with E-state index in [4.69, 9.17) is 19.3 Å². The molecule has 0 fully saturated rings. The van der Waals surface area contributed by atoms with E-state index < -0.39 is 28.5 Å². The zero-order chi connectivity index (χ0) is 22.9. The van der Waals surface area contributed by atoms with Crippen LogP contribution < -0.4 is 19.9 Å². The van der Waals surface area contributed by atoms with Gasteiger partial charge in [-0.3, -0.25) is 4.79 Å². The molecule has 0 spiro atoms. The van der Waals surface area contributed by atoms with Crippen LogP contribution in [0.4, 0.5) is 5.69 Å². The Bertz CT molecular complexity index is 1020. The van der Waals surface area contributed by atoms with Crippen molar-refractivity contribution < 1.29 is 32.2 Å². The second kappa shape index (κ2) is 11.3. The Labute approximate surface area is 181 Å². The van der Waals surface area contributed by atoms with Gasteiger partial charge in [-0.05, 0) is 49.7 Å². The van der Waals surface area contributed by atoms with Gasteiger partial charge >= 0.3 is 5.97 Å². The molecule has 10 heteroatoms. The summed E-state index contributed by atoms with van der Waals surface area (Å²) >= 11 is 0. The molecule has 0 saturated carbocycles. The predicted molar refractivity (Wildman–Crippen MR) is 115 cm³/mol. The molecule has 0 radical (unpaired) electrons. The van der Waals surface area contributed by atoms with E-state index in [2.05, 4.69) is 12.2 Å². The number of anilines is 1. The summed E-state index contributed by atoms with van der Waals surface area (Å²) in [4.78, 5) is 24.2.